The zero-order chi connectivity index (χ0) is 15.8. The first-order valence-corrected chi connectivity index (χ1v) is 8.51. The second-order valence-corrected chi connectivity index (χ2v) is 5.56. The van der Waals surface area contributed by atoms with E-state index in [1.807, 2.05) is 6.20 Å². The smallest absolute Gasteiger partial charge is 0.194 e. The van der Waals surface area contributed by atoms with Crippen molar-refractivity contribution in [2.24, 2.45) is 4.99 Å². The maximum atomic E-state index is 4.76. The molecule has 0 spiro atoms. The third kappa shape index (κ3) is 5.82. The van der Waals surface area contributed by atoms with Crippen LogP contribution in [0.25, 0.3) is 0 Å². The molecular weight excluding hydrogens is 401 g/mol. The van der Waals surface area contributed by atoms with Crippen molar-refractivity contribution in [2.75, 3.05) is 37.6 Å². The Morgan fingerprint density at radius 1 is 1.22 bits per heavy atom. The molecule has 1 aromatic rings. The van der Waals surface area contributed by atoms with Gasteiger partial charge in [-0.05, 0) is 45.2 Å². The number of anilines is 1. The highest BCUT2D eigenvalue weighted by molar-refractivity contribution is 14.0. The third-order valence-corrected chi connectivity index (χ3v) is 4.05. The number of guanidine groups is 1. The van der Waals surface area contributed by atoms with Crippen LogP contribution in [0.2, 0.25) is 0 Å². The maximum absolute atomic E-state index is 4.76. The molecule has 1 N–H and O–H groups in total. The fourth-order valence-electron chi connectivity index (χ4n) is 2.77. The zero-order valence-corrected chi connectivity index (χ0v) is 16.9. The molecule has 0 saturated carbocycles. The van der Waals surface area contributed by atoms with Gasteiger partial charge in [0.15, 0.2) is 5.96 Å². The van der Waals surface area contributed by atoms with Gasteiger partial charge in [-0.2, -0.15) is 0 Å². The van der Waals surface area contributed by atoms with E-state index in [-0.39, 0.29) is 24.0 Å². The van der Waals surface area contributed by atoms with E-state index in [9.17, 15) is 0 Å². The van der Waals surface area contributed by atoms with E-state index in [2.05, 4.69) is 53.0 Å². The van der Waals surface area contributed by atoms with Crippen molar-refractivity contribution in [3.8, 4) is 0 Å². The molecule has 0 unspecified atom stereocenters. The Morgan fingerprint density at radius 3 is 2.43 bits per heavy atom. The normalized spacial score (nSPS) is 14.6. The Kier molecular flexibility index (Phi) is 9.28. The fourth-order valence-corrected chi connectivity index (χ4v) is 2.77. The zero-order valence-electron chi connectivity index (χ0n) is 14.6. The van der Waals surface area contributed by atoms with Gasteiger partial charge in [0.25, 0.3) is 0 Å². The molecule has 6 heteroatoms. The van der Waals surface area contributed by atoms with Gasteiger partial charge in [0, 0.05) is 38.9 Å². The van der Waals surface area contributed by atoms with Crippen LogP contribution in [-0.4, -0.2) is 48.6 Å². The first kappa shape index (κ1) is 20.0. The van der Waals surface area contributed by atoms with Crippen LogP contribution in [-0.2, 0) is 6.54 Å². The molecule has 0 radical (unpaired) electrons. The lowest BCUT2D eigenvalue weighted by atomic mass is 10.3. The number of hydrogen-bond donors (Lipinski definition) is 1. The van der Waals surface area contributed by atoms with Crippen molar-refractivity contribution in [1.29, 1.82) is 0 Å². The number of pyridine rings is 1. The highest BCUT2D eigenvalue weighted by Crippen LogP contribution is 2.12. The molecule has 1 aliphatic rings. The monoisotopic (exact) mass is 431 g/mol. The molecule has 23 heavy (non-hydrogen) atoms. The van der Waals surface area contributed by atoms with Crippen molar-refractivity contribution >= 4 is 35.8 Å². The molecule has 5 nitrogen and oxygen atoms in total. The van der Waals surface area contributed by atoms with Crippen LogP contribution in [0.3, 0.4) is 0 Å². The number of rotatable bonds is 6. The van der Waals surface area contributed by atoms with Crippen LogP contribution in [0.15, 0.2) is 23.3 Å². The molecule has 130 valence electrons. The summed E-state index contributed by atoms with van der Waals surface area (Å²) in [5, 5.41) is 3.39. The van der Waals surface area contributed by atoms with Gasteiger partial charge >= 0.3 is 0 Å². The lowest BCUT2D eigenvalue weighted by Crippen LogP contribution is -2.39. The minimum atomic E-state index is 0. The number of hydrogen-bond acceptors (Lipinski definition) is 3. The molecule has 0 aliphatic carbocycles. The topological polar surface area (TPSA) is 43.8 Å². The Bertz CT molecular complexity index is 464. The number of aliphatic imine (C=N–C) groups is 1. The summed E-state index contributed by atoms with van der Waals surface area (Å²) in [5.74, 6) is 2.08. The summed E-state index contributed by atoms with van der Waals surface area (Å²) in [6, 6.07) is 4.23. The Morgan fingerprint density at radius 2 is 1.91 bits per heavy atom. The van der Waals surface area contributed by atoms with E-state index in [0.29, 0.717) is 6.54 Å². The summed E-state index contributed by atoms with van der Waals surface area (Å²) in [5.41, 5.74) is 1.16. The number of nitrogens with zero attached hydrogens (tertiary/aromatic N) is 4. The largest absolute Gasteiger partial charge is 0.357 e. The highest BCUT2D eigenvalue weighted by Gasteiger charge is 2.15. The standard InChI is InChI=1S/C17H29N5.HI/c1-4-18-17(22-11-7-8-12-22)20-14-15-9-10-16(19-13-15)21(5-2)6-3;/h9-10,13H,4-8,11-12,14H2,1-3H3,(H,18,20);1H. The molecule has 0 aromatic carbocycles. The molecule has 0 atom stereocenters. The average molecular weight is 431 g/mol. The molecule has 0 amide bonds. The summed E-state index contributed by atoms with van der Waals surface area (Å²) in [6.07, 6.45) is 4.49. The molecule has 2 heterocycles. The first-order valence-electron chi connectivity index (χ1n) is 8.51. The van der Waals surface area contributed by atoms with Crippen molar-refractivity contribution < 1.29 is 0 Å². The number of likely N-dealkylation sites (tertiary alicyclic amines) is 1. The average Bonchev–Trinajstić information content (AvgIpc) is 3.08. The second kappa shape index (κ2) is 10.7. The Balaban J connectivity index is 0.00000264. The molecule has 0 bridgehead atoms. The SMILES string of the molecule is CCNC(=NCc1ccc(N(CC)CC)nc1)N1CCCC1.I. The second-order valence-electron chi connectivity index (χ2n) is 5.56. The van der Waals surface area contributed by atoms with Gasteiger partial charge in [0.05, 0.1) is 6.54 Å². The lowest BCUT2D eigenvalue weighted by Gasteiger charge is -2.21. The Labute approximate surface area is 157 Å². The van der Waals surface area contributed by atoms with E-state index in [0.717, 1.165) is 50.1 Å². The maximum Gasteiger partial charge on any atom is 0.194 e. The van der Waals surface area contributed by atoms with Gasteiger partial charge in [-0.25, -0.2) is 9.98 Å². The first-order chi connectivity index (χ1) is 10.8. The van der Waals surface area contributed by atoms with Gasteiger partial charge in [-0.15, -0.1) is 24.0 Å². The van der Waals surface area contributed by atoms with Crippen molar-refractivity contribution in [3.63, 3.8) is 0 Å². The van der Waals surface area contributed by atoms with Crippen molar-refractivity contribution in [1.82, 2.24) is 15.2 Å². The van der Waals surface area contributed by atoms with Gasteiger partial charge in [0.2, 0.25) is 0 Å². The summed E-state index contributed by atoms with van der Waals surface area (Å²) in [4.78, 5) is 13.9. The van der Waals surface area contributed by atoms with Crippen LogP contribution in [0.5, 0.6) is 0 Å². The minimum Gasteiger partial charge on any atom is -0.357 e. The molecule has 2 rings (SSSR count). The van der Waals surface area contributed by atoms with Crippen LogP contribution >= 0.6 is 24.0 Å². The fraction of sp³-hybridized carbons (Fsp3) is 0.647. The summed E-state index contributed by atoms with van der Waals surface area (Å²) in [7, 11) is 0. The van der Waals surface area contributed by atoms with Gasteiger partial charge < -0.3 is 15.1 Å². The van der Waals surface area contributed by atoms with Crippen LogP contribution in [0.4, 0.5) is 5.82 Å². The van der Waals surface area contributed by atoms with E-state index < -0.39 is 0 Å². The highest BCUT2D eigenvalue weighted by atomic mass is 127. The van der Waals surface area contributed by atoms with Gasteiger partial charge in [-0.1, -0.05) is 6.07 Å². The molecule has 1 saturated heterocycles. The summed E-state index contributed by atoms with van der Waals surface area (Å²) < 4.78 is 0. The molecule has 1 aliphatic heterocycles. The Hall–Kier alpha value is -1.05. The van der Waals surface area contributed by atoms with Crippen LogP contribution in [0, 0.1) is 0 Å². The van der Waals surface area contributed by atoms with E-state index in [4.69, 9.17) is 4.99 Å². The van der Waals surface area contributed by atoms with E-state index in [1.54, 1.807) is 0 Å². The molecule has 1 aromatic heterocycles. The van der Waals surface area contributed by atoms with E-state index >= 15 is 0 Å². The molecular formula is C17H30IN5. The predicted molar refractivity (Wildman–Crippen MR) is 109 cm³/mol. The van der Waals surface area contributed by atoms with Crippen LogP contribution < -0.4 is 10.2 Å². The van der Waals surface area contributed by atoms with Crippen molar-refractivity contribution in [2.45, 2.75) is 40.2 Å². The predicted octanol–water partition coefficient (Wildman–Crippen LogP) is 3.11. The summed E-state index contributed by atoms with van der Waals surface area (Å²) in [6.45, 7) is 12.2. The number of nitrogens with one attached hydrogen (secondary N) is 1. The van der Waals surface area contributed by atoms with Crippen molar-refractivity contribution in [3.05, 3.63) is 23.9 Å². The lowest BCUT2D eigenvalue weighted by molar-refractivity contribution is 0.493. The number of halogens is 1. The van der Waals surface area contributed by atoms with Gasteiger partial charge in [0.1, 0.15) is 5.82 Å². The summed E-state index contributed by atoms with van der Waals surface area (Å²) >= 11 is 0. The number of aromatic nitrogens is 1. The third-order valence-electron chi connectivity index (χ3n) is 4.05. The minimum absolute atomic E-state index is 0. The van der Waals surface area contributed by atoms with E-state index in [1.165, 1.54) is 12.8 Å². The van der Waals surface area contributed by atoms with Crippen LogP contribution in [0.1, 0.15) is 39.2 Å². The quantitative estimate of drug-likeness (QED) is 0.427. The van der Waals surface area contributed by atoms with Gasteiger partial charge in [-0.3, -0.25) is 0 Å². The molecule has 1 fully saturated rings.